The fourth-order valence-electron chi connectivity index (χ4n) is 1.95. The Morgan fingerprint density at radius 1 is 1.54 bits per heavy atom. The molecule has 0 bridgehead atoms. The van der Waals surface area contributed by atoms with Gasteiger partial charge in [0, 0.05) is 25.7 Å². The third kappa shape index (κ3) is 3.33. The molecule has 1 N–H and O–H groups in total. The van der Waals surface area contributed by atoms with E-state index in [-0.39, 0.29) is 0 Å². The van der Waals surface area contributed by atoms with Crippen molar-refractivity contribution in [2.24, 2.45) is 5.92 Å². The van der Waals surface area contributed by atoms with Crippen LogP contribution in [0.25, 0.3) is 0 Å². The maximum atomic E-state index is 8.51. The lowest BCUT2D eigenvalue weighted by molar-refractivity contribution is 0.0538. The van der Waals surface area contributed by atoms with Crippen LogP contribution in [0.3, 0.4) is 0 Å². The van der Waals surface area contributed by atoms with Gasteiger partial charge in [0.1, 0.15) is 0 Å². The summed E-state index contributed by atoms with van der Waals surface area (Å²) in [5, 5.41) is 11.8. The van der Waals surface area contributed by atoms with E-state index in [4.69, 9.17) is 10.00 Å². The van der Waals surface area contributed by atoms with Crippen molar-refractivity contribution in [1.82, 2.24) is 5.32 Å². The van der Waals surface area contributed by atoms with E-state index in [0.717, 1.165) is 32.5 Å². The number of rotatable bonds is 4. The fraction of sp³-hybridized carbons (Fsp3) is 0.900. The molecule has 0 radical (unpaired) electrons. The second-order valence-corrected chi connectivity index (χ2v) is 3.54. The largest absolute Gasteiger partial charge is 0.381 e. The summed E-state index contributed by atoms with van der Waals surface area (Å²) in [5.74, 6) is 0.701. The molecule has 1 atom stereocenters. The van der Waals surface area contributed by atoms with Crippen LogP contribution >= 0.6 is 0 Å². The minimum Gasteiger partial charge on any atom is -0.381 e. The predicted octanol–water partition coefficient (Wildman–Crippen LogP) is 1.30. The van der Waals surface area contributed by atoms with Crippen molar-refractivity contribution in [3.63, 3.8) is 0 Å². The van der Waals surface area contributed by atoms with E-state index >= 15 is 0 Å². The number of hydrogen-bond donors (Lipinski definition) is 1. The van der Waals surface area contributed by atoms with Crippen molar-refractivity contribution in [3.8, 4) is 6.07 Å². The van der Waals surface area contributed by atoms with Gasteiger partial charge in [-0.1, -0.05) is 0 Å². The highest BCUT2D eigenvalue weighted by Crippen LogP contribution is 2.21. The van der Waals surface area contributed by atoms with Gasteiger partial charge in [0.05, 0.1) is 6.07 Å². The molecule has 1 rings (SSSR count). The average molecular weight is 182 g/mol. The molecule has 1 saturated heterocycles. The van der Waals surface area contributed by atoms with Gasteiger partial charge in [0.2, 0.25) is 0 Å². The van der Waals surface area contributed by atoms with Crippen molar-refractivity contribution in [2.75, 3.05) is 20.3 Å². The van der Waals surface area contributed by atoms with E-state index in [2.05, 4.69) is 11.4 Å². The lowest BCUT2D eigenvalue weighted by atomic mass is 9.89. The maximum Gasteiger partial charge on any atom is 0.0622 e. The molecular weight excluding hydrogens is 164 g/mol. The van der Waals surface area contributed by atoms with Gasteiger partial charge in [-0.3, -0.25) is 0 Å². The molecule has 0 aliphatic carbocycles. The minimum absolute atomic E-state index is 0.503. The van der Waals surface area contributed by atoms with Gasteiger partial charge in [-0.15, -0.1) is 0 Å². The van der Waals surface area contributed by atoms with Crippen LogP contribution in [0.2, 0.25) is 0 Å². The topological polar surface area (TPSA) is 45.0 Å². The van der Waals surface area contributed by atoms with E-state index in [1.807, 2.05) is 7.05 Å². The summed E-state index contributed by atoms with van der Waals surface area (Å²) in [5.41, 5.74) is 0. The van der Waals surface area contributed by atoms with Gasteiger partial charge in [-0.2, -0.15) is 5.26 Å². The minimum atomic E-state index is 0.503. The summed E-state index contributed by atoms with van der Waals surface area (Å²) in [4.78, 5) is 0. The quantitative estimate of drug-likeness (QED) is 0.713. The molecule has 0 saturated carbocycles. The fourth-order valence-corrected chi connectivity index (χ4v) is 1.95. The van der Waals surface area contributed by atoms with Crippen molar-refractivity contribution in [2.45, 2.75) is 31.7 Å². The molecule has 1 fully saturated rings. The van der Waals surface area contributed by atoms with Crippen molar-refractivity contribution < 1.29 is 4.74 Å². The number of nitrogens with zero attached hydrogens (tertiary/aromatic N) is 1. The zero-order chi connectivity index (χ0) is 9.52. The summed E-state index contributed by atoms with van der Waals surface area (Å²) in [6.45, 7) is 1.77. The van der Waals surface area contributed by atoms with E-state index in [1.54, 1.807) is 0 Å². The Balaban J connectivity index is 2.31. The Kier molecular flexibility index (Phi) is 4.81. The number of ether oxygens (including phenoxy) is 1. The van der Waals surface area contributed by atoms with Crippen LogP contribution in [0, 0.1) is 17.2 Å². The molecule has 3 heteroatoms. The first-order valence-electron chi connectivity index (χ1n) is 5.00. The second kappa shape index (κ2) is 5.95. The van der Waals surface area contributed by atoms with Gasteiger partial charge < -0.3 is 10.1 Å². The zero-order valence-corrected chi connectivity index (χ0v) is 8.25. The Morgan fingerprint density at radius 3 is 2.77 bits per heavy atom. The Bertz CT molecular complexity index is 170. The molecule has 13 heavy (non-hydrogen) atoms. The molecule has 1 heterocycles. The number of nitriles is 1. The molecule has 74 valence electrons. The van der Waals surface area contributed by atoms with Crippen molar-refractivity contribution >= 4 is 0 Å². The third-order valence-corrected chi connectivity index (χ3v) is 2.77. The lowest BCUT2D eigenvalue weighted by Gasteiger charge is -2.29. The maximum absolute atomic E-state index is 8.51. The van der Waals surface area contributed by atoms with E-state index in [0.29, 0.717) is 18.4 Å². The lowest BCUT2D eigenvalue weighted by Crippen LogP contribution is -2.36. The molecule has 1 aliphatic heterocycles. The number of hydrogen-bond acceptors (Lipinski definition) is 3. The van der Waals surface area contributed by atoms with Gasteiger partial charge in [0.15, 0.2) is 0 Å². The van der Waals surface area contributed by atoms with Gasteiger partial charge in [-0.05, 0) is 32.2 Å². The first-order chi connectivity index (χ1) is 6.38. The van der Waals surface area contributed by atoms with E-state index in [9.17, 15) is 0 Å². The van der Waals surface area contributed by atoms with Crippen molar-refractivity contribution in [1.29, 1.82) is 5.26 Å². The Morgan fingerprint density at radius 2 is 2.23 bits per heavy atom. The summed E-state index contributed by atoms with van der Waals surface area (Å²) in [7, 11) is 1.98. The predicted molar refractivity (Wildman–Crippen MR) is 51.2 cm³/mol. The van der Waals surface area contributed by atoms with E-state index in [1.165, 1.54) is 0 Å². The summed E-state index contributed by atoms with van der Waals surface area (Å²) in [6, 6.07) is 2.70. The van der Waals surface area contributed by atoms with E-state index < -0.39 is 0 Å². The molecule has 0 aromatic carbocycles. The van der Waals surface area contributed by atoms with Crippen LogP contribution in [0.1, 0.15) is 25.7 Å². The summed E-state index contributed by atoms with van der Waals surface area (Å²) < 4.78 is 5.31. The van der Waals surface area contributed by atoms with Crippen LogP contribution in [0.15, 0.2) is 0 Å². The number of nitrogens with one attached hydrogen (secondary N) is 1. The highest BCUT2D eigenvalue weighted by Gasteiger charge is 2.21. The van der Waals surface area contributed by atoms with Crippen LogP contribution in [0.5, 0.6) is 0 Å². The van der Waals surface area contributed by atoms with Gasteiger partial charge in [-0.25, -0.2) is 0 Å². The summed E-state index contributed by atoms with van der Waals surface area (Å²) in [6.07, 6.45) is 3.90. The highest BCUT2D eigenvalue weighted by molar-refractivity contribution is 4.81. The first-order valence-corrected chi connectivity index (χ1v) is 5.00. The standard InChI is InChI=1S/C10H18N2O/c1-12-10(3-2-6-11)9-4-7-13-8-5-9/h9-10,12H,2-5,7-8H2,1H3. The van der Waals surface area contributed by atoms with Gasteiger partial charge in [0.25, 0.3) is 0 Å². The molecular formula is C10H18N2O. The SMILES string of the molecule is CNC(CCC#N)C1CCOCC1. The van der Waals surface area contributed by atoms with Crippen LogP contribution in [-0.2, 0) is 4.74 Å². The molecule has 0 aromatic heterocycles. The molecule has 0 spiro atoms. The Hall–Kier alpha value is -0.590. The van der Waals surface area contributed by atoms with Crippen LogP contribution in [0.4, 0.5) is 0 Å². The van der Waals surface area contributed by atoms with Crippen molar-refractivity contribution in [3.05, 3.63) is 0 Å². The normalized spacial score (nSPS) is 20.9. The zero-order valence-electron chi connectivity index (χ0n) is 8.25. The third-order valence-electron chi connectivity index (χ3n) is 2.77. The monoisotopic (exact) mass is 182 g/mol. The molecule has 0 amide bonds. The van der Waals surface area contributed by atoms with Crippen LogP contribution in [-0.4, -0.2) is 26.3 Å². The Labute approximate surface area is 80.1 Å². The smallest absolute Gasteiger partial charge is 0.0622 e. The van der Waals surface area contributed by atoms with Gasteiger partial charge >= 0.3 is 0 Å². The molecule has 1 unspecified atom stereocenters. The second-order valence-electron chi connectivity index (χ2n) is 3.54. The molecule has 0 aromatic rings. The summed E-state index contributed by atoms with van der Waals surface area (Å²) >= 11 is 0. The molecule has 3 nitrogen and oxygen atoms in total. The first kappa shape index (κ1) is 10.5. The molecule has 1 aliphatic rings. The highest BCUT2D eigenvalue weighted by atomic mass is 16.5. The van der Waals surface area contributed by atoms with Crippen LogP contribution < -0.4 is 5.32 Å². The average Bonchev–Trinajstić information content (AvgIpc) is 2.21.